The van der Waals surface area contributed by atoms with E-state index in [0.29, 0.717) is 17.4 Å². The Bertz CT molecular complexity index is 874. The molecule has 3 aliphatic carbocycles. The summed E-state index contributed by atoms with van der Waals surface area (Å²) in [7, 11) is 0. The van der Waals surface area contributed by atoms with Crippen molar-refractivity contribution in [1.82, 2.24) is 0 Å². The lowest BCUT2D eigenvalue weighted by atomic mass is 9.85. The summed E-state index contributed by atoms with van der Waals surface area (Å²) in [5.74, 6) is 2.53. The van der Waals surface area contributed by atoms with E-state index < -0.39 is 0 Å². The monoisotopic (exact) mass is 364 g/mol. The van der Waals surface area contributed by atoms with E-state index in [2.05, 4.69) is 12.1 Å². The lowest BCUT2D eigenvalue weighted by Gasteiger charge is -2.22. The van der Waals surface area contributed by atoms with Crippen molar-refractivity contribution in [1.29, 1.82) is 0 Å². The molecule has 3 nitrogen and oxygen atoms in total. The van der Waals surface area contributed by atoms with Gasteiger partial charge in [0.1, 0.15) is 11.5 Å². The number of benzene rings is 1. The minimum Gasteiger partial charge on any atom is -0.507 e. The van der Waals surface area contributed by atoms with E-state index in [0.717, 1.165) is 67.8 Å². The molecular formula is C24H28O3. The number of rotatable bonds is 5. The molecule has 0 amide bonds. The standard InChI is InChI=1S/C24H28O3/c25-22-19-9-5-4-8-18(14-15-10-11-15)23(19)27-24(26)21(22)20(17-12-13-17)16-6-2-1-3-7-16/h1-3,6-7,15,17-18,20,25H,4-5,8-14H2. The van der Waals surface area contributed by atoms with Crippen molar-refractivity contribution in [3.63, 3.8) is 0 Å². The maximum Gasteiger partial charge on any atom is 0.343 e. The lowest BCUT2D eigenvalue weighted by molar-refractivity contribution is 0.362. The van der Waals surface area contributed by atoms with Crippen molar-refractivity contribution in [3.8, 4) is 5.75 Å². The van der Waals surface area contributed by atoms with Gasteiger partial charge in [0, 0.05) is 17.4 Å². The van der Waals surface area contributed by atoms with Crippen LogP contribution in [0.4, 0.5) is 0 Å². The Labute approximate surface area is 160 Å². The highest BCUT2D eigenvalue weighted by Crippen LogP contribution is 2.50. The van der Waals surface area contributed by atoms with Gasteiger partial charge < -0.3 is 9.52 Å². The maximum absolute atomic E-state index is 13.1. The Balaban J connectivity index is 1.61. The van der Waals surface area contributed by atoms with Crippen LogP contribution in [-0.2, 0) is 6.42 Å². The van der Waals surface area contributed by atoms with Crippen LogP contribution in [0, 0.1) is 11.8 Å². The molecule has 3 heteroatoms. The fourth-order valence-electron chi connectivity index (χ4n) is 5.01. The molecule has 1 aromatic carbocycles. The third-order valence-corrected chi connectivity index (χ3v) is 6.74. The van der Waals surface area contributed by atoms with Crippen LogP contribution in [0.5, 0.6) is 5.75 Å². The van der Waals surface area contributed by atoms with Crippen LogP contribution in [0.25, 0.3) is 0 Å². The average molecular weight is 364 g/mol. The lowest BCUT2D eigenvalue weighted by Crippen LogP contribution is -2.19. The molecule has 27 heavy (non-hydrogen) atoms. The van der Waals surface area contributed by atoms with Gasteiger partial charge in [-0.25, -0.2) is 4.79 Å². The molecule has 1 aromatic heterocycles. The van der Waals surface area contributed by atoms with E-state index in [-0.39, 0.29) is 17.3 Å². The second kappa shape index (κ2) is 6.85. The van der Waals surface area contributed by atoms with Crippen molar-refractivity contribution in [2.24, 2.45) is 11.8 Å². The Hall–Kier alpha value is -2.03. The van der Waals surface area contributed by atoms with E-state index in [9.17, 15) is 9.90 Å². The first kappa shape index (κ1) is 17.1. The summed E-state index contributed by atoms with van der Waals surface area (Å²) in [5.41, 5.74) is 2.24. The largest absolute Gasteiger partial charge is 0.507 e. The van der Waals surface area contributed by atoms with Gasteiger partial charge in [-0.3, -0.25) is 0 Å². The van der Waals surface area contributed by atoms with Gasteiger partial charge in [-0.2, -0.15) is 0 Å². The normalized spacial score (nSPS) is 23.5. The Morgan fingerprint density at radius 3 is 2.52 bits per heavy atom. The first-order valence-electron chi connectivity index (χ1n) is 10.7. The van der Waals surface area contributed by atoms with Crippen molar-refractivity contribution in [2.75, 3.05) is 0 Å². The van der Waals surface area contributed by atoms with Gasteiger partial charge >= 0.3 is 5.63 Å². The summed E-state index contributed by atoms with van der Waals surface area (Å²) in [6.07, 6.45) is 10.1. The highest BCUT2D eigenvalue weighted by atomic mass is 16.4. The van der Waals surface area contributed by atoms with Gasteiger partial charge in [0.25, 0.3) is 0 Å². The summed E-state index contributed by atoms with van der Waals surface area (Å²) in [4.78, 5) is 13.1. The first-order valence-corrected chi connectivity index (χ1v) is 10.7. The number of hydrogen-bond donors (Lipinski definition) is 1. The van der Waals surface area contributed by atoms with E-state index in [4.69, 9.17) is 4.42 Å². The Morgan fingerprint density at radius 1 is 1.04 bits per heavy atom. The van der Waals surface area contributed by atoms with Gasteiger partial charge in [0.05, 0.1) is 5.56 Å². The van der Waals surface area contributed by atoms with Crippen molar-refractivity contribution in [2.45, 2.75) is 69.6 Å². The molecule has 142 valence electrons. The quantitative estimate of drug-likeness (QED) is 0.713. The van der Waals surface area contributed by atoms with Crippen LogP contribution in [0.15, 0.2) is 39.5 Å². The molecule has 3 aliphatic rings. The van der Waals surface area contributed by atoms with Gasteiger partial charge in [-0.1, -0.05) is 49.6 Å². The summed E-state index contributed by atoms with van der Waals surface area (Å²) in [5, 5.41) is 11.3. The maximum atomic E-state index is 13.1. The predicted molar refractivity (Wildman–Crippen MR) is 105 cm³/mol. The SMILES string of the molecule is O=c1oc2c(c(O)c1C(c1ccccc1)C1CC1)CCCCC2CC1CC1. The molecule has 1 N–H and O–H groups in total. The zero-order valence-corrected chi connectivity index (χ0v) is 15.8. The smallest absolute Gasteiger partial charge is 0.343 e. The molecule has 2 atom stereocenters. The predicted octanol–water partition coefficient (Wildman–Crippen LogP) is 5.50. The average Bonchev–Trinajstić information content (AvgIpc) is 3.55. The van der Waals surface area contributed by atoms with Crippen molar-refractivity contribution >= 4 is 0 Å². The van der Waals surface area contributed by atoms with E-state index in [1.807, 2.05) is 18.2 Å². The summed E-state index contributed by atoms with van der Waals surface area (Å²) in [6, 6.07) is 10.2. The molecule has 2 unspecified atom stereocenters. The number of aromatic hydroxyl groups is 1. The van der Waals surface area contributed by atoms with E-state index >= 15 is 0 Å². The van der Waals surface area contributed by atoms with Gasteiger partial charge in [0.2, 0.25) is 0 Å². The van der Waals surface area contributed by atoms with Crippen LogP contribution >= 0.6 is 0 Å². The molecule has 2 fully saturated rings. The number of hydrogen-bond acceptors (Lipinski definition) is 3. The minimum atomic E-state index is -0.310. The molecule has 0 saturated heterocycles. The van der Waals surface area contributed by atoms with Crippen LogP contribution in [0.3, 0.4) is 0 Å². The van der Waals surface area contributed by atoms with Crippen molar-refractivity contribution in [3.05, 3.63) is 63.2 Å². The molecule has 2 saturated carbocycles. The van der Waals surface area contributed by atoms with E-state index in [1.165, 1.54) is 12.8 Å². The first-order chi connectivity index (χ1) is 13.2. The van der Waals surface area contributed by atoms with Crippen LogP contribution < -0.4 is 5.63 Å². The van der Waals surface area contributed by atoms with Crippen LogP contribution in [0.1, 0.15) is 85.7 Å². The van der Waals surface area contributed by atoms with Crippen LogP contribution in [-0.4, -0.2) is 5.11 Å². The van der Waals surface area contributed by atoms with Crippen LogP contribution in [0.2, 0.25) is 0 Å². The molecule has 0 spiro atoms. The zero-order valence-electron chi connectivity index (χ0n) is 15.8. The van der Waals surface area contributed by atoms with Gasteiger partial charge in [-0.15, -0.1) is 0 Å². The molecule has 5 rings (SSSR count). The summed E-state index contributed by atoms with van der Waals surface area (Å²) < 4.78 is 6.00. The van der Waals surface area contributed by atoms with Gasteiger partial charge in [0.15, 0.2) is 0 Å². The Morgan fingerprint density at radius 2 is 1.81 bits per heavy atom. The number of fused-ring (bicyclic) bond motifs is 1. The molecule has 0 aliphatic heterocycles. The topological polar surface area (TPSA) is 50.4 Å². The second-order valence-corrected chi connectivity index (χ2v) is 8.84. The fourth-order valence-corrected chi connectivity index (χ4v) is 5.01. The summed E-state index contributed by atoms with van der Waals surface area (Å²) in [6.45, 7) is 0. The molecule has 2 aromatic rings. The Kier molecular flexibility index (Phi) is 4.34. The van der Waals surface area contributed by atoms with E-state index in [1.54, 1.807) is 0 Å². The third kappa shape index (κ3) is 3.33. The highest BCUT2D eigenvalue weighted by molar-refractivity contribution is 5.47. The molecule has 0 bridgehead atoms. The second-order valence-electron chi connectivity index (χ2n) is 8.84. The molecule has 1 heterocycles. The molecule has 0 radical (unpaired) electrons. The molecular weight excluding hydrogens is 336 g/mol. The minimum absolute atomic E-state index is 0.0436. The zero-order chi connectivity index (χ0) is 18.4. The van der Waals surface area contributed by atoms with Gasteiger partial charge in [-0.05, 0) is 55.9 Å². The third-order valence-electron chi connectivity index (χ3n) is 6.74. The fraction of sp³-hybridized carbons (Fsp3) is 0.542. The van der Waals surface area contributed by atoms with Crippen molar-refractivity contribution < 1.29 is 9.52 Å². The summed E-state index contributed by atoms with van der Waals surface area (Å²) >= 11 is 0. The highest BCUT2D eigenvalue weighted by Gasteiger charge is 2.39.